The van der Waals surface area contributed by atoms with E-state index in [1.165, 1.54) is 12.3 Å². The van der Waals surface area contributed by atoms with Crippen LogP contribution in [0.2, 0.25) is 0 Å². The monoisotopic (exact) mass is 296 g/mol. The van der Waals surface area contributed by atoms with Crippen molar-refractivity contribution < 1.29 is 17.9 Å². The van der Waals surface area contributed by atoms with Crippen LogP contribution in [-0.4, -0.2) is 24.7 Å². The van der Waals surface area contributed by atoms with Crippen molar-refractivity contribution in [3.63, 3.8) is 0 Å². The Morgan fingerprint density at radius 2 is 2.21 bits per heavy atom. The number of halogens is 4. The van der Waals surface area contributed by atoms with Crippen LogP contribution in [0.1, 0.15) is 18.4 Å². The minimum Gasteiger partial charge on any atom is -0.477 e. The van der Waals surface area contributed by atoms with E-state index < -0.39 is 11.7 Å². The van der Waals surface area contributed by atoms with Crippen LogP contribution in [0, 0.1) is 5.92 Å². The first-order valence-corrected chi connectivity index (χ1v) is 5.93. The third-order valence-electron chi connectivity index (χ3n) is 2.93. The number of hydrogen-bond donors (Lipinski definition) is 1. The number of hydrogen-bond acceptors (Lipinski definition) is 3. The smallest absolute Gasteiger partial charge is 0.421 e. The van der Waals surface area contributed by atoms with Crippen molar-refractivity contribution in [1.29, 1.82) is 0 Å². The molecule has 0 spiro atoms. The van der Waals surface area contributed by atoms with Crippen molar-refractivity contribution in [2.45, 2.75) is 19.0 Å². The van der Waals surface area contributed by atoms with Crippen LogP contribution in [0.4, 0.5) is 13.2 Å². The molecule has 0 amide bonds. The highest BCUT2D eigenvalue weighted by molar-refractivity contribution is 5.85. The Morgan fingerprint density at radius 3 is 2.84 bits per heavy atom. The van der Waals surface area contributed by atoms with Crippen LogP contribution in [0.5, 0.6) is 5.88 Å². The molecule has 108 valence electrons. The van der Waals surface area contributed by atoms with Crippen LogP contribution in [0.25, 0.3) is 0 Å². The lowest BCUT2D eigenvalue weighted by Gasteiger charge is -2.23. The molecule has 1 fully saturated rings. The molecule has 1 aliphatic rings. The van der Waals surface area contributed by atoms with Crippen LogP contribution in [-0.2, 0) is 6.18 Å². The van der Waals surface area contributed by atoms with Crippen LogP contribution in [0.15, 0.2) is 18.3 Å². The zero-order chi connectivity index (χ0) is 13.0. The van der Waals surface area contributed by atoms with E-state index in [1.807, 2.05) is 0 Å². The molecule has 0 radical (unpaired) electrons. The van der Waals surface area contributed by atoms with Gasteiger partial charge in [-0.15, -0.1) is 12.4 Å². The molecule has 3 nitrogen and oxygen atoms in total. The van der Waals surface area contributed by atoms with Gasteiger partial charge in [0.2, 0.25) is 5.88 Å². The third-order valence-corrected chi connectivity index (χ3v) is 2.93. The van der Waals surface area contributed by atoms with Gasteiger partial charge in [-0.1, -0.05) is 0 Å². The molecule has 1 aliphatic heterocycles. The SMILES string of the molecule is Cl.FC(F)(F)c1cccnc1OCC1CCCNC1. The Bertz CT molecular complexity index is 395. The number of ether oxygens (including phenoxy) is 1. The van der Waals surface area contributed by atoms with Gasteiger partial charge in [-0.2, -0.15) is 13.2 Å². The second-order valence-corrected chi connectivity index (χ2v) is 4.38. The highest BCUT2D eigenvalue weighted by atomic mass is 35.5. The summed E-state index contributed by atoms with van der Waals surface area (Å²) in [4.78, 5) is 3.67. The van der Waals surface area contributed by atoms with Gasteiger partial charge in [0, 0.05) is 18.7 Å². The molecular formula is C12H16ClF3N2O. The van der Waals surface area contributed by atoms with E-state index in [0.717, 1.165) is 32.0 Å². The number of rotatable bonds is 3. The van der Waals surface area contributed by atoms with Gasteiger partial charge in [-0.3, -0.25) is 0 Å². The molecule has 2 rings (SSSR count). The van der Waals surface area contributed by atoms with E-state index in [0.29, 0.717) is 0 Å². The lowest BCUT2D eigenvalue weighted by molar-refractivity contribution is -0.139. The first-order chi connectivity index (χ1) is 8.57. The second kappa shape index (κ2) is 6.96. The first kappa shape index (κ1) is 16.0. The van der Waals surface area contributed by atoms with Crippen molar-refractivity contribution in [2.24, 2.45) is 5.92 Å². The fourth-order valence-corrected chi connectivity index (χ4v) is 1.98. The number of piperidine rings is 1. The predicted octanol–water partition coefficient (Wildman–Crippen LogP) is 2.90. The largest absolute Gasteiger partial charge is 0.477 e. The van der Waals surface area contributed by atoms with E-state index in [4.69, 9.17) is 4.74 Å². The number of nitrogens with zero attached hydrogens (tertiary/aromatic N) is 1. The van der Waals surface area contributed by atoms with Gasteiger partial charge in [0.25, 0.3) is 0 Å². The minimum absolute atomic E-state index is 0. The van der Waals surface area contributed by atoms with Gasteiger partial charge in [0.05, 0.1) is 6.61 Å². The molecular weight excluding hydrogens is 281 g/mol. The molecule has 1 N–H and O–H groups in total. The molecule has 7 heteroatoms. The Morgan fingerprint density at radius 1 is 1.42 bits per heavy atom. The normalized spacial score (nSPS) is 19.6. The van der Waals surface area contributed by atoms with Gasteiger partial charge >= 0.3 is 6.18 Å². The summed E-state index contributed by atoms with van der Waals surface area (Å²) in [5.74, 6) is -0.0718. The molecule has 1 aromatic rings. The Labute approximate surface area is 116 Å². The molecule has 0 saturated carbocycles. The second-order valence-electron chi connectivity index (χ2n) is 4.38. The number of nitrogens with one attached hydrogen (secondary N) is 1. The average Bonchev–Trinajstić information content (AvgIpc) is 2.37. The zero-order valence-corrected chi connectivity index (χ0v) is 11.1. The van der Waals surface area contributed by atoms with E-state index in [2.05, 4.69) is 10.3 Å². The lowest BCUT2D eigenvalue weighted by atomic mass is 10.0. The van der Waals surface area contributed by atoms with Gasteiger partial charge < -0.3 is 10.1 Å². The summed E-state index contributed by atoms with van der Waals surface area (Å²) in [6, 6.07) is 2.25. The molecule has 1 atom stereocenters. The average molecular weight is 297 g/mol. The van der Waals surface area contributed by atoms with Gasteiger partial charge in [-0.05, 0) is 31.5 Å². The minimum atomic E-state index is -4.42. The molecule has 0 aromatic carbocycles. The predicted molar refractivity (Wildman–Crippen MR) is 67.6 cm³/mol. The van der Waals surface area contributed by atoms with E-state index in [-0.39, 0.29) is 30.8 Å². The summed E-state index contributed by atoms with van der Waals surface area (Å²) in [7, 11) is 0. The Kier molecular flexibility index (Phi) is 5.87. The molecule has 19 heavy (non-hydrogen) atoms. The van der Waals surface area contributed by atoms with Crippen molar-refractivity contribution in [1.82, 2.24) is 10.3 Å². The van der Waals surface area contributed by atoms with E-state index >= 15 is 0 Å². The summed E-state index contributed by atoms with van der Waals surface area (Å²) >= 11 is 0. The highest BCUT2D eigenvalue weighted by Crippen LogP contribution is 2.34. The summed E-state index contributed by atoms with van der Waals surface area (Å²) in [5.41, 5.74) is -0.811. The first-order valence-electron chi connectivity index (χ1n) is 5.93. The Hall–Kier alpha value is -1.01. The zero-order valence-electron chi connectivity index (χ0n) is 10.2. The fraction of sp³-hybridized carbons (Fsp3) is 0.583. The van der Waals surface area contributed by atoms with Crippen LogP contribution >= 0.6 is 12.4 Å². The number of pyridine rings is 1. The van der Waals surface area contributed by atoms with E-state index in [1.54, 1.807) is 0 Å². The highest BCUT2D eigenvalue weighted by Gasteiger charge is 2.35. The van der Waals surface area contributed by atoms with Gasteiger partial charge in [-0.25, -0.2) is 4.98 Å². The summed E-state index contributed by atoms with van der Waals surface area (Å²) in [6.45, 7) is 2.02. The number of aromatic nitrogens is 1. The number of alkyl halides is 3. The van der Waals surface area contributed by atoms with Crippen LogP contribution in [0.3, 0.4) is 0 Å². The summed E-state index contributed by atoms with van der Waals surface area (Å²) < 4.78 is 43.3. The topological polar surface area (TPSA) is 34.1 Å². The summed E-state index contributed by atoms with van der Waals surface area (Å²) in [5, 5.41) is 3.19. The molecule has 0 bridgehead atoms. The Balaban J connectivity index is 0.00000180. The lowest BCUT2D eigenvalue weighted by Crippen LogP contribution is -2.33. The molecule has 0 aliphatic carbocycles. The molecule has 1 aromatic heterocycles. The maximum Gasteiger partial charge on any atom is 0.421 e. The van der Waals surface area contributed by atoms with Crippen molar-refractivity contribution >= 4 is 12.4 Å². The third kappa shape index (κ3) is 4.54. The van der Waals surface area contributed by atoms with Crippen molar-refractivity contribution in [2.75, 3.05) is 19.7 Å². The maximum atomic E-state index is 12.7. The van der Waals surface area contributed by atoms with Gasteiger partial charge in [0.1, 0.15) is 5.56 Å². The standard InChI is InChI=1S/C12H15F3N2O.ClH/c13-12(14,15)10-4-2-6-17-11(10)18-8-9-3-1-5-16-7-9;/h2,4,6,9,16H,1,3,5,7-8H2;1H. The molecule has 1 saturated heterocycles. The van der Waals surface area contributed by atoms with Gasteiger partial charge in [0.15, 0.2) is 0 Å². The fourth-order valence-electron chi connectivity index (χ4n) is 1.98. The molecule has 1 unspecified atom stereocenters. The van der Waals surface area contributed by atoms with Crippen molar-refractivity contribution in [3.05, 3.63) is 23.9 Å². The maximum absolute atomic E-state index is 12.7. The summed E-state index contributed by atoms with van der Waals surface area (Å²) in [6.07, 6.45) is -1.11. The van der Waals surface area contributed by atoms with E-state index in [9.17, 15) is 13.2 Å². The van der Waals surface area contributed by atoms with Crippen molar-refractivity contribution in [3.8, 4) is 5.88 Å². The quantitative estimate of drug-likeness (QED) is 0.931. The molecule has 2 heterocycles. The van der Waals surface area contributed by atoms with Crippen LogP contribution < -0.4 is 10.1 Å².